The van der Waals surface area contributed by atoms with Gasteiger partial charge in [-0.2, -0.15) is 5.21 Å². The van der Waals surface area contributed by atoms with Crippen LogP contribution in [0.5, 0.6) is 5.75 Å². The summed E-state index contributed by atoms with van der Waals surface area (Å²) in [6.45, 7) is 2.49. The van der Waals surface area contributed by atoms with Gasteiger partial charge in [0.2, 0.25) is 0 Å². The minimum absolute atomic E-state index is 0.142. The molecule has 2 rings (SSSR count). The van der Waals surface area contributed by atoms with Gasteiger partial charge >= 0.3 is 0 Å². The largest absolute Gasteiger partial charge is 0.494 e. The topological polar surface area (TPSA) is 92.8 Å². The zero-order chi connectivity index (χ0) is 12.1. The number of hydrogen-bond acceptors (Lipinski definition) is 5. The number of rotatable bonds is 4. The number of nitrogens with one attached hydrogen (secondary N) is 2. The third-order valence-corrected chi connectivity index (χ3v) is 2.00. The first-order valence-corrected chi connectivity index (χ1v) is 5.07. The fraction of sp³-hybridized carbons (Fsp3) is 0.200. The maximum absolute atomic E-state index is 11.7. The second-order valence-electron chi connectivity index (χ2n) is 3.15. The third-order valence-electron chi connectivity index (χ3n) is 2.00. The molecule has 0 aliphatic heterocycles. The lowest BCUT2D eigenvalue weighted by molar-refractivity contribution is 0.102. The molecule has 0 unspecified atom stereocenters. The van der Waals surface area contributed by atoms with Gasteiger partial charge in [-0.05, 0) is 36.4 Å². The smallest absolute Gasteiger partial charge is 0.270 e. The standard InChI is InChI=1S/C10H11N5O2/c1-2-17-8-5-3-7(4-6-8)9(16)11-10-12-14-15-13-10/h3-6H,2H2,1H3,(H2,11,12,13,14,15,16). The first-order valence-electron chi connectivity index (χ1n) is 5.07. The highest BCUT2D eigenvalue weighted by atomic mass is 16.5. The molecule has 0 fully saturated rings. The van der Waals surface area contributed by atoms with Crippen molar-refractivity contribution in [3.63, 3.8) is 0 Å². The zero-order valence-corrected chi connectivity index (χ0v) is 9.17. The van der Waals surface area contributed by atoms with E-state index < -0.39 is 0 Å². The molecule has 0 spiro atoms. The molecule has 2 N–H and O–H groups in total. The lowest BCUT2D eigenvalue weighted by atomic mass is 10.2. The average molecular weight is 233 g/mol. The highest BCUT2D eigenvalue weighted by molar-refractivity contribution is 6.03. The van der Waals surface area contributed by atoms with E-state index in [1.165, 1.54) is 0 Å². The molecule has 0 aliphatic carbocycles. The average Bonchev–Trinajstić information content (AvgIpc) is 2.83. The Bertz CT molecular complexity index is 480. The van der Waals surface area contributed by atoms with E-state index in [9.17, 15) is 4.79 Å². The van der Waals surface area contributed by atoms with E-state index in [0.29, 0.717) is 12.2 Å². The Balaban J connectivity index is 2.04. The minimum Gasteiger partial charge on any atom is -0.494 e. The predicted octanol–water partition coefficient (Wildman–Crippen LogP) is 0.851. The molecule has 1 amide bonds. The van der Waals surface area contributed by atoms with Crippen molar-refractivity contribution in [2.75, 3.05) is 11.9 Å². The number of aromatic nitrogens is 4. The molecule has 88 valence electrons. The molecule has 7 nitrogen and oxygen atoms in total. The van der Waals surface area contributed by atoms with Crippen LogP contribution in [0.4, 0.5) is 5.95 Å². The molecule has 0 saturated carbocycles. The van der Waals surface area contributed by atoms with Gasteiger partial charge in [-0.1, -0.05) is 5.10 Å². The predicted molar refractivity (Wildman–Crippen MR) is 59.7 cm³/mol. The number of benzene rings is 1. The number of carbonyl (C=O) groups is 1. The van der Waals surface area contributed by atoms with Gasteiger partial charge in [-0.25, -0.2) is 0 Å². The number of hydrogen-bond donors (Lipinski definition) is 2. The Morgan fingerprint density at radius 3 is 2.76 bits per heavy atom. The van der Waals surface area contributed by atoms with Crippen LogP contribution in [0.15, 0.2) is 24.3 Å². The molecule has 0 radical (unpaired) electrons. The van der Waals surface area contributed by atoms with Crippen LogP contribution in [0, 0.1) is 0 Å². The Morgan fingerprint density at radius 1 is 1.41 bits per heavy atom. The van der Waals surface area contributed by atoms with E-state index in [1.807, 2.05) is 6.92 Å². The van der Waals surface area contributed by atoms with Crippen molar-refractivity contribution in [3.05, 3.63) is 29.8 Å². The number of amides is 1. The van der Waals surface area contributed by atoms with Crippen molar-refractivity contribution < 1.29 is 9.53 Å². The van der Waals surface area contributed by atoms with Crippen LogP contribution in [0.1, 0.15) is 17.3 Å². The summed E-state index contributed by atoms with van der Waals surface area (Å²) in [6.07, 6.45) is 0. The summed E-state index contributed by atoms with van der Waals surface area (Å²) in [4.78, 5) is 11.7. The summed E-state index contributed by atoms with van der Waals surface area (Å²) < 4.78 is 5.28. The molecule has 0 saturated heterocycles. The number of tetrazole rings is 1. The van der Waals surface area contributed by atoms with Crippen LogP contribution in [-0.2, 0) is 0 Å². The zero-order valence-electron chi connectivity index (χ0n) is 9.17. The highest BCUT2D eigenvalue weighted by Gasteiger charge is 2.08. The SMILES string of the molecule is CCOc1ccc(C(=O)Nc2nn[nH]n2)cc1. The molecule has 1 aromatic carbocycles. The molecule has 1 heterocycles. The molecule has 17 heavy (non-hydrogen) atoms. The van der Waals surface area contributed by atoms with Gasteiger partial charge in [-0.3, -0.25) is 10.1 Å². The summed E-state index contributed by atoms with van der Waals surface area (Å²) in [6, 6.07) is 6.80. The molecular formula is C10H11N5O2. The van der Waals surface area contributed by atoms with E-state index in [0.717, 1.165) is 5.75 Å². The lowest BCUT2D eigenvalue weighted by Gasteiger charge is -2.04. The maximum Gasteiger partial charge on any atom is 0.270 e. The molecule has 7 heteroatoms. The summed E-state index contributed by atoms with van der Waals surface area (Å²) >= 11 is 0. The van der Waals surface area contributed by atoms with Gasteiger partial charge in [0.1, 0.15) is 5.75 Å². The minimum atomic E-state index is -0.297. The fourth-order valence-corrected chi connectivity index (χ4v) is 1.26. The molecule has 0 atom stereocenters. The molecule has 0 aliphatic rings. The molecule has 1 aromatic heterocycles. The van der Waals surface area contributed by atoms with Gasteiger partial charge in [0, 0.05) is 5.56 Å². The van der Waals surface area contributed by atoms with Gasteiger partial charge < -0.3 is 4.74 Å². The number of carbonyl (C=O) groups excluding carboxylic acids is 1. The summed E-state index contributed by atoms with van der Waals surface area (Å²) in [5.74, 6) is 0.571. The highest BCUT2D eigenvalue weighted by Crippen LogP contribution is 2.12. The van der Waals surface area contributed by atoms with Crippen molar-refractivity contribution in [2.45, 2.75) is 6.92 Å². The van der Waals surface area contributed by atoms with Gasteiger partial charge in [0.25, 0.3) is 11.9 Å². The second-order valence-corrected chi connectivity index (χ2v) is 3.15. The molecular weight excluding hydrogens is 222 g/mol. The fourth-order valence-electron chi connectivity index (χ4n) is 1.26. The maximum atomic E-state index is 11.7. The van der Waals surface area contributed by atoms with Crippen molar-refractivity contribution in [1.29, 1.82) is 0 Å². The normalized spacial score (nSPS) is 9.94. The van der Waals surface area contributed by atoms with Crippen molar-refractivity contribution >= 4 is 11.9 Å². The number of ether oxygens (including phenoxy) is 1. The van der Waals surface area contributed by atoms with Crippen LogP contribution < -0.4 is 10.1 Å². The Hall–Kier alpha value is -2.44. The van der Waals surface area contributed by atoms with E-state index in [-0.39, 0.29) is 11.9 Å². The van der Waals surface area contributed by atoms with Crippen LogP contribution in [0.25, 0.3) is 0 Å². The van der Waals surface area contributed by atoms with Crippen molar-refractivity contribution in [3.8, 4) is 5.75 Å². The Kier molecular flexibility index (Phi) is 3.29. The summed E-state index contributed by atoms with van der Waals surface area (Å²) in [7, 11) is 0. The Labute approximate surface area is 97.2 Å². The number of nitrogens with zero attached hydrogens (tertiary/aromatic N) is 3. The molecule has 2 aromatic rings. The Morgan fingerprint density at radius 2 is 2.18 bits per heavy atom. The van der Waals surface area contributed by atoms with Crippen LogP contribution in [0.2, 0.25) is 0 Å². The third kappa shape index (κ3) is 2.77. The van der Waals surface area contributed by atoms with E-state index >= 15 is 0 Å². The summed E-state index contributed by atoms with van der Waals surface area (Å²) in [5.41, 5.74) is 0.498. The van der Waals surface area contributed by atoms with E-state index in [4.69, 9.17) is 4.74 Å². The van der Waals surface area contributed by atoms with E-state index in [1.54, 1.807) is 24.3 Å². The van der Waals surface area contributed by atoms with Crippen LogP contribution in [0.3, 0.4) is 0 Å². The van der Waals surface area contributed by atoms with Crippen molar-refractivity contribution in [2.24, 2.45) is 0 Å². The molecule has 0 bridgehead atoms. The number of aromatic amines is 1. The van der Waals surface area contributed by atoms with Crippen molar-refractivity contribution in [1.82, 2.24) is 20.6 Å². The summed E-state index contributed by atoms with van der Waals surface area (Å²) in [5, 5.41) is 15.3. The quantitative estimate of drug-likeness (QED) is 0.816. The first kappa shape index (κ1) is 11.1. The number of anilines is 1. The van der Waals surface area contributed by atoms with Gasteiger partial charge in [-0.15, -0.1) is 5.10 Å². The van der Waals surface area contributed by atoms with Crippen LogP contribution in [-0.4, -0.2) is 33.1 Å². The second kappa shape index (κ2) is 5.06. The number of H-pyrrole nitrogens is 1. The van der Waals surface area contributed by atoms with Gasteiger partial charge in [0.15, 0.2) is 0 Å². The first-order chi connectivity index (χ1) is 8.29. The van der Waals surface area contributed by atoms with E-state index in [2.05, 4.69) is 25.9 Å². The van der Waals surface area contributed by atoms with Gasteiger partial charge in [0.05, 0.1) is 6.61 Å². The monoisotopic (exact) mass is 233 g/mol. The lowest BCUT2D eigenvalue weighted by Crippen LogP contribution is -2.12. The van der Waals surface area contributed by atoms with Crippen LogP contribution >= 0.6 is 0 Å².